The Balaban J connectivity index is 1.45. The molecule has 3 heteroatoms. The highest BCUT2D eigenvalue weighted by atomic mass is 16.6. The Bertz CT molecular complexity index is 567. The molecule has 1 aromatic carbocycles. The van der Waals surface area contributed by atoms with Gasteiger partial charge in [0.25, 0.3) is 0 Å². The summed E-state index contributed by atoms with van der Waals surface area (Å²) in [7, 11) is 0. The Hall–Kier alpha value is -1.35. The molecule has 21 heavy (non-hydrogen) atoms. The van der Waals surface area contributed by atoms with E-state index in [-0.39, 0.29) is 11.9 Å². The van der Waals surface area contributed by atoms with E-state index in [1.807, 2.05) is 18.2 Å². The second kappa shape index (κ2) is 4.84. The highest BCUT2D eigenvalue weighted by molar-refractivity contribution is 5.76. The minimum Gasteiger partial charge on any atom is -0.426 e. The molecule has 3 aliphatic rings. The average molecular weight is 286 g/mol. The minimum absolute atomic E-state index is 0.0472. The summed E-state index contributed by atoms with van der Waals surface area (Å²) >= 11 is 0. The third kappa shape index (κ3) is 2.18. The lowest BCUT2D eigenvalue weighted by atomic mass is 9.89. The van der Waals surface area contributed by atoms with Crippen molar-refractivity contribution in [3.8, 4) is 5.75 Å². The van der Waals surface area contributed by atoms with Gasteiger partial charge in [0.15, 0.2) is 0 Å². The molecule has 3 nitrogen and oxygen atoms in total. The van der Waals surface area contributed by atoms with Gasteiger partial charge in [0, 0.05) is 5.92 Å². The van der Waals surface area contributed by atoms with Crippen LogP contribution in [-0.2, 0) is 9.53 Å². The number of carbonyl (C=O) groups excluding carboxylic acids is 1. The second-order valence-corrected chi connectivity index (χ2v) is 6.87. The van der Waals surface area contributed by atoms with E-state index in [4.69, 9.17) is 9.47 Å². The van der Waals surface area contributed by atoms with Crippen LogP contribution in [0.2, 0.25) is 0 Å². The smallest absolute Gasteiger partial charge is 0.314 e. The summed E-state index contributed by atoms with van der Waals surface area (Å²) in [6, 6.07) is 7.97. The number of carbonyl (C=O) groups is 1. The van der Waals surface area contributed by atoms with E-state index in [0.717, 1.165) is 19.3 Å². The first kappa shape index (κ1) is 13.3. The van der Waals surface area contributed by atoms with E-state index in [1.165, 1.54) is 5.56 Å². The van der Waals surface area contributed by atoms with Crippen molar-refractivity contribution < 1.29 is 14.3 Å². The summed E-state index contributed by atoms with van der Waals surface area (Å²) in [5.41, 5.74) is 1.24. The van der Waals surface area contributed by atoms with Crippen molar-refractivity contribution in [2.45, 2.75) is 51.2 Å². The van der Waals surface area contributed by atoms with Crippen LogP contribution in [0.25, 0.3) is 0 Å². The molecule has 0 aromatic heterocycles. The Morgan fingerprint density at radius 3 is 2.95 bits per heavy atom. The predicted octanol–water partition coefficient (Wildman–Crippen LogP) is 3.53. The van der Waals surface area contributed by atoms with Crippen LogP contribution < -0.4 is 4.74 Å². The molecule has 2 aliphatic carbocycles. The highest BCUT2D eigenvalue weighted by Gasteiger charge is 2.64. The van der Waals surface area contributed by atoms with Gasteiger partial charge in [0.1, 0.15) is 5.75 Å². The van der Waals surface area contributed by atoms with Crippen LogP contribution in [0.1, 0.15) is 44.6 Å². The van der Waals surface area contributed by atoms with Crippen LogP contribution in [-0.4, -0.2) is 18.2 Å². The molecule has 6 unspecified atom stereocenters. The Morgan fingerprint density at radius 2 is 2.24 bits per heavy atom. The molecule has 6 atom stereocenters. The lowest BCUT2D eigenvalue weighted by Crippen LogP contribution is -2.29. The van der Waals surface area contributed by atoms with E-state index in [2.05, 4.69) is 19.9 Å². The number of esters is 1. The molecule has 1 aliphatic heterocycles. The third-order valence-corrected chi connectivity index (χ3v) is 5.66. The first-order valence-corrected chi connectivity index (χ1v) is 8.14. The number of hydrogen-bond acceptors (Lipinski definition) is 3. The largest absolute Gasteiger partial charge is 0.426 e. The number of fused-ring (bicyclic) bond motifs is 5. The zero-order valence-electron chi connectivity index (χ0n) is 12.6. The van der Waals surface area contributed by atoms with Gasteiger partial charge in [0.05, 0.1) is 18.1 Å². The molecular formula is C18H22O3. The van der Waals surface area contributed by atoms with Gasteiger partial charge in [-0.2, -0.15) is 0 Å². The molecule has 2 saturated carbocycles. The predicted molar refractivity (Wildman–Crippen MR) is 79.1 cm³/mol. The minimum atomic E-state index is -0.0576. The van der Waals surface area contributed by atoms with E-state index < -0.39 is 0 Å². The van der Waals surface area contributed by atoms with E-state index >= 15 is 0 Å². The molecule has 0 radical (unpaired) electrons. The Morgan fingerprint density at radius 1 is 1.38 bits per heavy atom. The molecule has 112 valence electrons. The van der Waals surface area contributed by atoms with Crippen molar-refractivity contribution >= 4 is 5.97 Å². The van der Waals surface area contributed by atoms with Crippen LogP contribution in [0.4, 0.5) is 0 Å². The van der Waals surface area contributed by atoms with Crippen LogP contribution in [0.15, 0.2) is 24.3 Å². The Labute approximate surface area is 125 Å². The summed E-state index contributed by atoms with van der Waals surface area (Å²) in [4.78, 5) is 12.4. The average Bonchev–Trinajstić information content (AvgIpc) is 3.10. The summed E-state index contributed by atoms with van der Waals surface area (Å²) in [6.45, 7) is 4.37. The molecule has 0 spiro atoms. The zero-order chi connectivity index (χ0) is 14.6. The van der Waals surface area contributed by atoms with Crippen molar-refractivity contribution in [3.63, 3.8) is 0 Å². The number of epoxide rings is 1. The van der Waals surface area contributed by atoms with Gasteiger partial charge >= 0.3 is 5.97 Å². The standard InChI is InChI=1S/C18H22O3/c1-3-10(2)11-5-4-6-13(7-11)20-18(19)15-9-12-8-14(15)17-16(12)21-17/h4-7,10,12,14-17H,3,8-9H2,1-2H3. The lowest BCUT2D eigenvalue weighted by molar-refractivity contribution is -0.140. The van der Waals surface area contributed by atoms with Crippen LogP contribution in [0.5, 0.6) is 5.75 Å². The quantitative estimate of drug-likeness (QED) is 0.483. The molecular weight excluding hydrogens is 264 g/mol. The molecule has 1 saturated heterocycles. The number of rotatable bonds is 4. The first-order valence-electron chi connectivity index (χ1n) is 8.14. The fourth-order valence-corrected chi connectivity index (χ4v) is 4.19. The van der Waals surface area contributed by atoms with E-state index in [9.17, 15) is 4.79 Å². The highest BCUT2D eigenvalue weighted by Crippen LogP contribution is 2.59. The molecule has 1 heterocycles. The van der Waals surface area contributed by atoms with Gasteiger partial charge in [-0.1, -0.05) is 26.0 Å². The number of ether oxygens (including phenoxy) is 2. The normalized spacial score (nSPS) is 37.1. The van der Waals surface area contributed by atoms with Crippen molar-refractivity contribution in [2.24, 2.45) is 17.8 Å². The Kier molecular flexibility index (Phi) is 3.07. The van der Waals surface area contributed by atoms with E-state index in [0.29, 0.717) is 35.7 Å². The van der Waals surface area contributed by atoms with Gasteiger partial charge in [-0.05, 0) is 48.8 Å². The van der Waals surface area contributed by atoms with Crippen molar-refractivity contribution in [3.05, 3.63) is 29.8 Å². The van der Waals surface area contributed by atoms with Crippen LogP contribution in [0, 0.1) is 17.8 Å². The second-order valence-electron chi connectivity index (χ2n) is 6.87. The van der Waals surface area contributed by atoms with Gasteiger partial charge in [-0.3, -0.25) is 4.79 Å². The van der Waals surface area contributed by atoms with Crippen molar-refractivity contribution in [1.29, 1.82) is 0 Å². The summed E-state index contributed by atoms with van der Waals surface area (Å²) in [6.07, 6.45) is 4.02. The maximum Gasteiger partial charge on any atom is 0.314 e. The monoisotopic (exact) mass is 286 g/mol. The number of hydrogen-bond donors (Lipinski definition) is 0. The maximum absolute atomic E-state index is 12.4. The lowest BCUT2D eigenvalue weighted by Gasteiger charge is -2.18. The summed E-state index contributed by atoms with van der Waals surface area (Å²) in [5, 5.41) is 0. The number of benzene rings is 1. The van der Waals surface area contributed by atoms with E-state index in [1.54, 1.807) is 0 Å². The molecule has 0 amide bonds. The van der Waals surface area contributed by atoms with Gasteiger partial charge in [-0.25, -0.2) is 0 Å². The maximum atomic E-state index is 12.4. The van der Waals surface area contributed by atoms with Crippen molar-refractivity contribution in [1.82, 2.24) is 0 Å². The van der Waals surface area contributed by atoms with Gasteiger partial charge in [-0.15, -0.1) is 0 Å². The fraction of sp³-hybridized carbons (Fsp3) is 0.611. The molecule has 2 bridgehead atoms. The van der Waals surface area contributed by atoms with Crippen molar-refractivity contribution in [2.75, 3.05) is 0 Å². The van der Waals surface area contributed by atoms with Crippen LogP contribution in [0.3, 0.4) is 0 Å². The molecule has 1 aromatic rings. The zero-order valence-corrected chi connectivity index (χ0v) is 12.6. The summed E-state index contributed by atoms with van der Waals surface area (Å²) in [5.74, 6) is 2.18. The summed E-state index contributed by atoms with van der Waals surface area (Å²) < 4.78 is 11.3. The third-order valence-electron chi connectivity index (χ3n) is 5.66. The molecule has 0 N–H and O–H groups in total. The fourth-order valence-electron chi connectivity index (χ4n) is 4.19. The SMILES string of the molecule is CCC(C)c1cccc(OC(=O)C2CC3CC2C2OC32)c1. The molecule has 4 rings (SSSR count). The molecule has 3 fully saturated rings. The van der Waals surface area contributed by atoms with Gasteiger partial charge in [0.2, 0.25) is 0 Å². The van der Waals surface area contributed by atoms with Crippen LogP contribution >= 0.6 is 0 Å². The first-order chi connectivity index (χ1) is 10.2. The van der Waals surface area contributed by atoms with Gasteiger partial charge < -0.3 is 9.47 Å². The topological polar surface area (TPSA) is 38.8 Å².